The molecule has 1 atom stereocenters. The van der Waals surface area contributed by atoms with Gasteiger partial charge in [0.05, 0.1) is 18.5 Å². The number of anilines is 1. The van der Waals surface area contributed by atoms with E-state index in [1.807, 2.05) is 57.2 Å². The highest BCUT2D eigenvalue weighted by Gasteiger charge is 2.32. The molecule has 0 saturated carbocycles. The average Bonchev–Trinajstić information content (AvgIpc) is 2.70. The van der Waals surface area contributed by atoms with Gasteiger partial charge in [-0.25, -0.2) is 8.42 Å². The van der Waals surface area contributed by atoms with Gasteiger partial charge in [0.15, 0.2) is 0 Å². The number of sulfonamides is 1. The molecule has 0 aliphatic carbocycles. The van der Waals surface area contributed by atoms with Crippen LogP contribution in [-0.2, 0) is 20.2 Å². The number of amides is 1. The van der Waals surface area contributed by atoms with Crippen LogP contribution in [0.15, 0.2) is 42.5 Å². The third-order valence-corrected chi connectivity index (χ3v) is 6.45. The highest BCUT2D eigenvalue weighted by molar-refractivity contribution is 7.92. The van der Waals surface area contributed by atoms with Gasteiger partial charge in [0.25, 0.3) is 0 Å². The first-order valence-corrected chi connectivity index (χ1v) is 12.8. The number of ether oxygens (including phenoxy) is 1. The van der Waals surface area contributed by atoms with Gasteiger partial charge in [0, 0.05) is 0 Å². The van der Waals surface area contributed by atoms with Gasteiger partial charge < -0.3 is 10.1 Å². The summed E-state index contributed by atoms with van der Waals surface area (Å²) in [5, 5.41) is 2.85. The summed E-state index contributed by atoms with van der Waals surface area (Å²) in [5.74, 6) is 0.445. The first kappa shape index (κ1) is 25.7. The van der Waals surface area contributed by atoms with E-state index in [-0.39, 0.29) is 24.5 Å². The van der Waals surface area contributed by atoms with Crippen molar-refractivity contribution in [3.05, 3.63) is 59.2 Å². The minimum Gasteiger partial charge on any atom is -0.491 e. The van der Waals surface area contributed by atoms with Gasteiger partial charge in [-0.1, -0.05) is 58.0 Å². The number of nitrogens with zero attached hydrogens (tertiary/aromatic N) is 1. The predicted molar refractivity (Wildman–Crippen MR) is 131 cm³/mol. The summed E-state index contributed by atoms with van der Waals surface area (Å²) >= 11 is 0. The third-order valence-electron chi connectivity index (χ3n) is 5.29. The molecule has 2 aromatic rings. The van der Waals surface area contributed by atoms with E-state index in [1.54, 1.807) is 6.07 Å². The molecule has 0 saturated heterocycles. The zero-order chi connectivity index (χ0) is 24.1. The molecule has 1 N–H and O–H groups in total. The molecule has 2 rings (SSSR count). The molecular formula is C25H36N2O4S. The molecule has 0 unspecified atom stereocenters. The topological polar surface area (TPSA) is 75.7 Å². The Labute approximate surface area is 193 Å². The summed E-state index contributed by atoms with van der Waals surface area (Å²) in [7, 11) is -3.67. The van der Waals surface area contributed by atoms with Crippen LogP contribution >= 0.6 is 0 Å². The second-order valence-corrected chi connectivity index (χ2v) is 11.0. The molecular weight excluding hydrogens is 424 g/mol. The summed E-state index contributed by atoms with van der Waals surface area (Å²) in [6.07, 6.45) is 1.48. The van der Waals surface area contributed by atoms with Crippen LogP contribution in [0.1, 0.15) is 50.8 Å². The molecule has 0 fully saturated rings. The van der Waals surface area contributed by atoms with Crippen LogP contribution in [0, 0.1) is 13.8 Å². The molecule has 7 heteroatoms. The summed E-state index contributed by atoms with van der Waals surface area (Å²) < 4.78 is 32.5. The molecule has 32 heavy (non-hydrogen) atoms. The molecule has 0 aromatic heterocycles. The predicted octanol–water partition coefficient (Wildman–Crippen LogP) is 4.34. The van der Waals surface area contributed by atoms with Crippen LogP contribution < -0.4 is 14.4 Å². The lowest BCUT2D eigenvalue weighted by molar-refractivity contribution is -0.122. The number of rotatable bonds is 9. The molecule has 176 valence electrons. The monoisotopic (exact) mass is 460 g/mol. The van der Waals surface area contributed by atoms with E-state index < -0.39 is 16.1 Å². The fourth-order valence-electron chi connectivity index (χ4n) is 3.66. The van der Waals surface area contributed by atoms with Crippen LogP contribution in [0.4, 0.5) is 5.69 Å². The number of aryl methyl sites for hydroxylation is 2. The van der Waals surface area contributed by atoms with Gasteiger partial charge in [-0.2, -0.15) is 0 Å². The molecule has 0 radical (unpaired) electrons. The number of carbonyl (C=O) groups is 1. The van der Waals surface area contributed by atoms with Gasteiger partial charge in [-0.3, -0.25) is 9.10 Å². The molecule has 0 aliphatic rings. The summed E-state index contributed by atoms with van der Waals surface area (Å²) in [4.78, 5) is 13.0. The van der Waals surface area contributed by atoms with Crippen molar-refractivity contribution in [2.75, 3.05) is 23.7 Å². The third kappa shape index (κ3) is 6.48. The minimum absolute atomic E-state index is 0.0607. The Bertz CT molecular complexity index is 1040. The van der Waals surface area contributed by atoms with E-state index in [4.69, 9.17) is 4.74 Å². The van der Waals surface area contributed by atoms with Crippen molar-refractivity contribution in [2.45, 2.75) is 59.4 Å². The van der Waals surface area contributed by atoms with E-state index in [2.05, 4.69) is 26.1 Å². The van der Waals surface area contributed by atoms with Crippen LogP contribution in [0.25, 0.3) is 0 Å². The molecule has 2 aromatic carbocycles. The van der Waals surface area contributed by atoms with E-state index in [9.17, 15) is 13.2 Å². The van der Waals surface area contributed by atoms with Gasteiger partial charge >= 0.3 is 0 Å². The van der Waals surface area contributed by atoms with E-state index in [0.717, 1.165) is 28.7 Å². The minimum atomic E-state index is -3.67. The van der Waals surface area contributed by atoms with Crippen LogP contribution in [0.2, 0.25) is 0 Å². The molecule has 0 spiro atoms. The van der Waals surface area contributed by atoms with Crippen molar-refractivity contribution in [2.24, 2.45) is 0 Å². The number of hydrogen-bond acceptors (Lipinski definition) is 4. The van der Waals surface area contributed by atoms with E-state index in [0.29, 0.717) is 12.1 Å². The molecule has 1 amide bonds. The second-order valence-electron chi connectivity index (χ2n) is 9.16. The number of hydrogen-bond donors (Lipinski definition) is 1. The SMILES string of the molecule is CC[C@@H](C(=O)NCCOc1ccccc1C(C)(C)C)N(c1cc(C)ccc1C)S(C)(=O)=O. The van der Waals surface area contributed by atoms with Gasteiger partial charge in [-0.05, 0) is 54.5 Å². The highest BCUT2D eigenvalue weighted by Crippen LogP contribution is 2.31. The van der Waals surface area contributed by atoms with Crippen LogP contribution in [0.3, 0.4) is 0 Å². The number of carbonyl (C=O) groups excluding carboxylic acids is 1. The maximum absolute atomic E-state index is 13.0. The summed E-state index contributed by atoms with van der Waals surface area (Å²) in [6.45, 7) is 12.5. The Morgan fingerprint density at radius 3 is 2.38 bits per heavy atom. The van der Waals surface area contributed by atoms with E-state index >= 15 is 0 Å². The van der Waals surface area contributed by atoms with Crippen LogP contribution in [-0.4, -0.2) is 39.8 Å². The Morgan fingerprint density at radius 2 is 1.78 bits per heavy atom. The number of benzene rings is 2. The zero-order valence-corrected chi connectivity index (χ0v) is 21.0. The lowest BCUT2D eigenvalue weighted by Crippen LogP contribution is -2.50. The van der Waals surface area contributed by atoms with Crippen molar-refractivity contribution < 1.29 is 17.9 Å². The molecule has 0 bridgehead atoms. The van der Waals surface area contributed by atoms with Gasteiger partial charge in [0.2, 0.25) is 15.9 Å². The Hall–Kier alpha value is -2.54. The fourth-order valence-corrected chi connectivity index (χ4v) is 4.92. The largest absolute Gasteiger partial charge is 0.491 e. The fraction of sp³-hybridized carbons (Fsp3) is 0.480. The van der Waals surface area contributed by atoms with Gasteiger partial charge in [0.1, 0.15) is 18.4 Å². The number of para-hydroxylation sites is 1. The maximum Gasteiger partial charge on any atom is 0.244 e. The Balaban J connectivity index is 2.13. The normalized spacial score (nSPS) is 12.8. The first-order valence-electron chi connectivity index (χ1n) is 10.9. The summed E-state index contributed by atoms with van der Waals surface area (Å²) in [5.41, 5.74) is 3.30. The molecule has 0 aliphatic heterocycles. The van der Waals surface area contributed by atoms with Crippen LogP contribution in [0.5, 0.6) is 5.75 Å². The lowest BCUT2D eigenvalue weighted by atomic mass is 9.86. The second kappa shape index (κ2) is 10.4. The first-order chi connectivity index (χ1) is 14.9. The smallest absolute Gasteiger partial charge is 0.244 e. The lowest BCUT2D eigenvalue weighted by Gasteiger charge is -2.31. The van der Waals surface area contributed by atoms with E-state index in [1.165, 1.54) is 4.31 Å². The molecule has 6 nitrogen and oxygen atoms in total. The van der Waals surface area contributed by atoms with Crippen molar-refractivity contribution in [1.82, 2.24) is 5.32 Å². The molecule has 0 heterocycles. The Morgan fingerprint density at radius 1 is 1.12 bits per heavy atom. The van der Waals surface area contributed by atoms with Crippen molar-refractivity contribution in [1.29, 1.82) is 0 Å². The maximum atomic E-state index is 13.0. The standard InChI is InChI=1S/C25H36N2O4S/c1-8-21(27(32(7,29)30)22-17-18(2)13-14-19(22)3)24(28)26-15-16-31-23-12-10-9-11-20(23)25(4,5)6/h9-14,17,21H,8,15-16H2,1-7H3,(H,26,28)/t21-/m0/s1. The quantitative estimate of drug-likeness (QED) is 0.565. The van der Waals surface area contributed by atoms with Crippen molar-refractivity contribution in [3.63, 3.8) is 0 Å². The van der Waals surface area contributed by atoms with Gasteiger partial charge in [-0.15, -0.1) is 0 Å². The zero-order valence-electron chi connectivity index (χ0n) is 20.2. The van der Waals surface area contributed by atoms with Crippen molar-refractivity contribution in [3.8, 4) is 5.75 Å². The summed E-state index contributed by atoms with van der Waals surface area (Å²) in [6, 6.07) is 12.6. The number of nitrogens with one attached hydrogen (secondary N) is 1. The average molecular weight is 461 g/mol. The Kier molecular flexibility index (Phi) is 8.35. The highest BCUT2D eigenvalue weighted by atomic mass is 32.2. The van der Waals surface area contributed by atoms with Crippen molar-refractivity contribution >= 4 is 21.6 Å².